The van der Waals surface area contributed by atoms with Crippen LogP contribution in [0.25, 0.3) is 11.2 Å². The smallest absolute Gasteiger partial charge is 0.329 e. The molecule has 0 saturated heterocycles. The molecule has 0 amide bonds. The van der Waals surface area contributed by atoms with E-state index in [9.17, 15) is 14.7 Å². The first-order valence-electron chi connectivity index (χ1n) is 10.4. The number of aliphatic hydroxyl groups is 1. The van der Waals surface area contributed by atoms with E-state index in [1.54, 1.807) is 18.2 Å². The van der Waals surface area contributed by atoms with Crippen LogP contribution in [0.5, 0.6) is 5.75 Å². The summed E-state index contributed by atoms with van der Waals surface area (Å²) in [5, 5.41) is 15.4. The summed E-state index contributed by atoms with van der Waals surface area (Å²) in [5.41, 5.74) is 3.44. The van der Waals surface area contributed by atoms with Crippen molar-refractivity contribution in [3.05, 3.63) is 85.5 Å². The summed E-state index contributed by atoms with van der Waals surface area (Å²) >= 11 is 6.16. The number of imidazole rings is 1. The number of anilines is 1. The molecule has 0 aliphatic carbocycles. The number of aromatic amines is 1. The molecule has 0 saturated carbocycles. The summed E-state index contributed by atoms with van der Waals surface area (Å²) in [6.45, 7) is 1.86. The van der Waals surface area contributed by atoms with Gasteiger partial charge in [0, 0.05) is 17.6 Å². The molecular formula is C23H23ClN6O4. The van der Waals surface area contributed by atoms with Crippen LogP contribution in [0, 0.1) is 6.92 Å². The van der Waals surface area contributed by atoms with E-state index in [-0.39, 0.29) is 30.3 Å². The van der Waals surface area contributed by atoms with Crippen LogP contribution in [0.1, 0.15) is 11.1 Å². The Balaban J connectivity index is 1.64. The Morgan fingerprint density at radius 2 is 1.97 bits per heavy atom. The molecule has 0 aliphatic rings. The first-order valence-corrected chi connectivity index (χ1v) is 10.8. The fraction of sp³-hybridized carbons (Fsp3) is 0.217. The predicted molar refractivity (Wildman–Crippen MR) is 131 cm³/mol. The lowest BCUT2D eigenvalue weighted by Gasteiger charge is -2.16. The summed E-state index contributed by atoms with van der Waals surface area (Å²) in [6, 6.07) is 14.6. The third-order valence-corrected chi connectivity index (χ3v) is 5.54. The SMILES string of the molecule is Cc1ccccc1OC[C@@H](O)Cn1c(N/N=C/c2ccccc2Cl)nc2c1c(=O)[nH]c(=O)n2C. The third-order valence-electron chi connectivity index (χ3n) is 5.20. The zero-order chi connectivity index (χ0) is 24.2. The fourth-order valence-electron chi connectivity index (χ4n) is 3.40. The number of halogens is 1. The van der Waals surface area contributed by atoms with E-state index in [0.717, 1.165) is 5.56 Å². The minimum atomic E-state index is -0.985. The van der Waals surface area contributed by atoms with E-state index >= 15 is 0 Å². The number of ether oxygens (including phenoxy) is 1. The van der Waals surface area contributed by atoms with Crippen LogP contribution in [0.3, 0.4) is 0 Å². The Labute approximate surface area is 199 Å². The maximum atomic E-state index is 12.6. The second-order valence-corrected chi connectivity index (χ2v) is 8.07. The molecule has 0 radical (unpaired) electrons. The molecule has 4 aromatic rings. The summed E-state index contributed by atoms with van der Waals surface area (Å²) in [7, 11) is 1.49. The van der Waals surface area contributed by atoms with E-state index < -0.39 is 17.4 Å². The number of nitrogens with zero attached hydrogens (tertiary/aromatic N) is 4. The highest BCUT2D eigenvalue weighted by Crippen LogP contribution is 2.19. The van der Waals surface area contributed by atoms with Crippen molar-refractivity contribution in [3.63, 3.8) is 0 Å². The second-order valence-electron chi connectivity index (χ2n) is 7.66. The predicted octanol–water partition coefficient (Wildman–Crippen LogP) is 2.27. The molecular weight excluding hydrogens is 460 g/mol. The molecule has 11 heteroatoms. The summed E-state index contributed by atoms with van der Waals surface area (Å²) in [5.74, 6) is 0.819. The molecule has 0 unspecified atom stereocenters. The van der Waals surface area contributed by atoms with Crippen LogP contribution in [-0.2, 0) is 13.6 Å². The zero-order valence-corrected chi connectivity index (χ0v) is 19.3. The standard InChI is InChI=1S/C23H23ClN6O4/c1-14-7-3-6-10-18(14)34-13-16(31)12-30-19-20(29(2)23(33)27-21(19)32)26-22(30)28-25-11-15-8-4-5-9-17(15)24/h3-11,16,31H,12-13H2,1-2H3,(H,26,28)(H,27,32,33)/b25-11+/t16-/m0/s1. The normalized spacial score (nSPS) is 12.4. The Morgan fingerprint density at radius 1 is 1.24 bits per heavy atom. The number of aromatic nitrogens is 4. The van der Waals surface area contributed by atoms with Gasteiger partial charge in [0.2, 0.25) is 5.95 Å². The molecule has 2 aromatic heterocycles. The Morgan fingerprint density at radius 3 is 2.74 bits per heavy atom. The average molecular weight is 483 g/mol. The first kappa shape index (κ1) is 23.3. The van der Waals surface area contributed by atoms with E-state index in [0.29, 0.717) is 16.3 Å². The second kappa shape index (κ2) is 9.94. The van der Waals surface area contributed by atoms with E-state index in [2.05, 4.69) is 20.5 Å². The van der Waals surface area contributed by atoms with Crippen molar-refractivity contribution in [1.29, 1.82) is 0 Å². The van der Waals surface area contributed by atoms with Gasteiger partial charge in [0.1, 0.15) is 18.5 Å². The van der Waals surface area contributed by atoms with Crippen molar-refractivity contribution < 1.29 is 9.84 Å². The number of aryl methyl sites for hydroxylation is 2. The van der Waals surface area contributed by atoms with Gasteiger partial charge in [0.05, 0.1) is 12.8 Å². The molecule has 176 valence electrons. The number of benzene rings is 2. The Bertz CT molecular complexity index is 1470. The lowest BCUT2D eigenvalue weighted by Crippen LogP contribution is -2.30. The van der Waals surface area contributed by atoms with Gasteiger partial charge in [-0.05, 0) is 24.6 Å². The van der Waals surface area contributed by atoms with E-state index in [1.165, 1.54) is 22.4 Å². The van der Waals surface area contributed by atoms with Gasteiger partial charge in [-0.15, -0.1) is 0 Å². The van der Waals surface area contributed by atoms with Crippen molar-refractivity contribution >= 4 is 34.9 Å². The van der Waals surface area contributed by atoms with Crippen molar-refractivity contribution in [3.8, 4) is 5.75 Å². The van der Waals surface area contributed by atoms with Crippen LogP contribution >= 0.6 is 11.6 Å². The maximum Gasteiger partial charge on any atom is 0.329 e. The number of hydrogen-bond acceptors (Lipinski definition) is 7. The van der Waals surface area contributed by atoms with E-state index in [1.807, 2.05) is 37.3 Å². The summed E-state index contributed by atoms with van der Waals surface area (Å²) in [4.78, 5) is 31.3. The number of aliphatic hydroxyl groups excluding tert-OH is 1. The lowest BCUT2D eigenvalue weighted by molar-refractivity contribution is 0.0935. The lowest BCUT2D eigenvalue weighted by atomic mass is 10.2. The molecule has 10 nitrogen and oxygen atoms in total. The van der Waals surface area contributed by atoms with Gasteiger partial charge in [-0.2, -0.15) is 10.1 Å². The third kappa shape index (κ3) is 4.87. The highest BCUT2D eigenvalue weighted by Gasteiger charge is 2.20. The fourth-order valence-corrected chi connectivity index (χ4v) is 3.59. The van der Waals surface area contributed by atoms with Crippen LogP contribution < -0.4 is 21.4 Å². The number of hydrazone groups is 1. The van der Waals surface area contributed by atoms with Crippen LogP contribution in [0.4, 0.5) is 5.95 Å². The Hall–Kier alpha value is -3.89. The monoisotopic (exact) mass is 482 g/mol. The number of hydrogen-bond donors (Lipinski definition) is 3. The van der Waals surface area contributed by atoms with Gasteiger partial charge in [0.25, 0.3) is 5.56 Å². The quantitative estimate of drug-likeness (QED) is 0.261. The molecule has 1 atom stereocenters. The van der Waals surface area contributed by atoms with Crippen molar-refractivity contribution in [2.45, 2.75) is 19.6 Å². The molecule has 2 aromatic carbocycles. The van der Waals surface area contributed by atoms with Crippen molar-refractivity contribution in [2.24, 2.45) is 12.1 Å². The molecule has 4 rings (SSSR count). The molecule has 0 spiro atoms. The van der Waals surface area contributed by atoms with Gasteiger partial charge < -0.3 is 14.4 Å². The van der Waals surface area contributed by atoms with Gasteiger partial charge in [-0.1, -0.05) is 48.0 Å². The highest BCUT2D eigenvalue weighted by molar-refractivity contribution is 6.33. The highest BCUT2D eigenvalue weighted by atomic mass is 35.5. The zero-order valence-electron chi connectivity index (χ0n) is 18.5. The minimum Gasteiger partial charge on any atom is -0.491 e. The van der Waals surface area contributed by atoms with Gasteiger partial charge in [-0.25, -0.2) is 10.2 Å². The molecule has 34 heavy (non-hydrogen) atoms. The maximum absolute atomic E-state index is 12.6. The number of para-hydroxylation sites is 1. The van der Waals surface area contributed by atoms with Crippen molar-refractivity contribution in [2.75, 3.05) is 12.0 Å². The van der Waals surface area contributed by atoms with Crippen LogP contribution in [0.15, 0.2) is 63.2 Å². The molecule has 3 N–H and O–H groups in total. The number of rotatable bonds is 8. The summed E-state index contributed by atoms with van der Waals surface area (Å²) in [6.07, 6.45) is 0.522. The minimum absolute atomic E-state index is 0.0173. The number of fused-ring (bicyclic) bond motifs is 1. The molecule has 0 aliphatic heterocycles. The first-order chi connectivity index (χ1) is 16.3. The molecule has 0 bridgehead atoms. The van der Waals surface area contributed by atoms with Gasteiger partial charge >= 0.3 is 5.69 Å². The summed E-state index contributed by atoms with van der Waals surface area (Å²) < 4.78 is 8.41. The largest absolute Gasteiger partial charge is 0.491 e. The van der Waals surface area contributed by atoms with Crippen molar-refractivity contribution in [1.82, 2.24) is 19.1 Å². The average Bonchev–Trinajstić information content (AvgIpc) is 3.17. The number of nitrogens with one attached hydrogen (secondary N) is 2. The topological polar surface area (TPSA) is 127 Å². The van der Waals surface area contributed by atoms with Crippen LogP contribution in [0.2, 0.25) is 5.02 Å². The van der Waals surface area contributed by atoms with Gasteiger partial charge in [0.15, 0.2) is 11.2 Å². The van der Waals surface area contributed by atoms with E-state index in [4.69, 9.17) is 16.3 Å². The molecule has 2 heterocycles. The van der Waals surface area contributed by atoms with Gasteiger partial charge in [-0.3, -0.25) is 14.3 Å². The Kier molecular flexibility index (Phi) is 6.80. The van der Waals surface area contributed by atoms with Crippen LogP contribution in [-0.4, -0.2) is 43.1 Å². The number of H-pyrrole nitrogens is 1. The molecule has 0 fully saturated rings.